The van der Waals surface area contributed by atoms with E-state index in [0.29, 0.717) is 57.9 Å². The van der Waals surface area contributed by atoms with Gasteiger partial charge in [-0.3, -0.25) is 0 Å². The number of likely N-dealkylation sites (N-methyl/N-ethyl adjacent to an activating group) is 1. The summed E-state index contributed by atoms with van der Waals surface area (Å²) in [4.78, 5) is 13.8. The molecule has 3 aromatic rings. The average molecular weight is 498 g/mol. The number of allylic oxidation sites excluding steroid dienone is 4. The van der Waals surface area contributed by atoms with Crippen LogP contribution in [0.15, 0.2) is 65.0 Å². The maximum atomic E-state index is 11.9. The molecule has 10 heteroatoms. The molecular formula is C27H27N7O3. The van der Waals surface area contributed by atoms with Crippen molar-refractivity contribution in [2.45, 2.75) is 26.3 Å². The number of nitriles is 2. The number of benzene rings is 2. The summed E-state index contributed by atoms with van der Waals surface area (Å²) in [5.74, 6) is -0.182. The highest BCUT2D eigenvalue weighted by Gasteiger charge is 2.30. The van der Waals surface area contributed by atoms with Gasteiger partial charge < -0.3 is 25.7 Å². The lowest BCUT2D eigenvalue weighted by atomic mass is 9.81. The highest BCUT2D eigenvalue weighted by atomic mass is 16.4. The number of nitrogens with zero attached hydrogens (tertiary/aromatic N) is 5. The van der Waals surface area contributed by atoms with E-state index in [9.17, 15) is 20.4 Å². The van der Waals surface area contributed by atoms with Gasteiger partial charge in [0.1, 0.15) is 0 Å². The Kier molecular flexibility index (Phi) is 7.14. The number of carbonyl (C=O) groups is 1. The first kappa shape index (κ1) is 25.3. The van der Waals surface area contributed by atoms with Crippen LogP contribution in [-0.2, 0) is 6.54 Å². The van der Waals surface area contributed by atoms with Crippen LogP contribution in [0.5, 0.6) is 0 Å². The van der Waals surface area contributed by atoms with Gasteiger partial charge in [-0.05, 0) is 49.2 Å². The molecule has 0 atom stereocenters. The summed E-state index contributed by atoms with van der Waals surface area (Å²) >= 11 is 0. The zero-order valence-corrected chi connectivity index (χ0v) is 20.8. The molecule has 0 spiro atoms. The van der Waals surface area contributed by atoms with E-state index < -0.39 is 12.0 Å². The van der Waals surface area contributed by atoms with Crippen molar-refractivity contribution in [1.29, 1.82) is 10.5 Å². The minimum atomic E-state index is -1.22. The third-order valence-electron chi connectivity index (χ3n) is 6.49. The first-order valence-corrected chi connectivity index (χ1v) is 11.7. The molecule has 1 aliphatic heterocycles. The van der Waals surface area contributed by atoms with Gasteiger partial charge in [0, 0.05) is 42.6 Å². The van der Waals surface area contributed by atoms with Gasteiger partial charge in [0.05, 0.1) is 41.3 Å². The summed E-state index contributed by atoms with van der Waals surface area (Å²) < 4.78 is 0.912. The van der Waals surface area contributed by atoms with E-state index in [4.69, 9.17) is 5.11 Å². The van der Waals surface area contributed by atoms with Crippen molar-refractivity contribution in [3.05, 3.63) is 76.1 Å². The second-order valence-corrected chi connectivity index (χ2v) is 8.84. The number of anilines is 2. The predicted molar refractivity (Wildman–Crippen MR) is 140 cm³/mol. The van der Waals surface area contributed by atoms with Crippen LogP contribution in [0.4, 0.5) is 16.3 Å². The molecule has 0 aliphatic carbocycles. The van der Waals surface area contributed by atoms with E-state index in [0.717, 1.165) is 15.9 Å². The van der Waals surface area contributed by atoms with Gasteiger partial charge in [0.25, 0.3) is 0 Å². The fraction of sp³-hybridized carbons (Fsp3) is 0.259. The summed E-state index contributed by atoms with van der Waals surface area (Å²) in [7, 11) is 1.90. The highest BCUT2D eigenvalue weighted by Crippen LogP contribution is 2.39. The standard InChI is InChI=1S/C27H27N7O3/c1-16-22(13-28)25(23(14-29)17(2)31-16)19-6-9-24-21(12-19)26(32-34(24)27(36)37)30-15-18-4-7-20(8-5-18)33(3)10-11-35/h4-9,12,25,31,35H,10-11,15H2,1-3H3,(H,30,32)(H,36,37). The number of hydrogen-bond acceptors (Lipinski definition) is 8. The van der Waals surface area contributed by atoms with Crippen LogP contribution in [0.2, 0.25) is 0 Å². The van der Waals surface area contributed by atoms with Crippen molar-refractivity contribution in [2.24, 2.45) is 0 Å². The Hall–Kier alpha value is -4.80. The number of hydrogen-bond donors (Lipinski definition) is 4. The van der Waals surface area contributed by atoms with Gasteiger partial charge in [0.2, 0.25) is 0 Å². The Labute approximate surface area is 214 Å². The molecule has 2 aromatic carbocycles. The number of dihydropyridines is 1. The maximum absolute atomic E-state index is 11.9. The SMILES string of the molecule is CC1=C(C#N)C(c2ccc3c(c2)c(NCc2ccc(N(C)CCO)cc2)nn3C(=O)O)C(C#N)=C(C)N1. The second-order valence-electron chi connectivity index (χ2n) is 8.84. The van der Waals surface area contributed by atoms with Crippen molar-refractivity contribution < 1.29 is 15.0 Å². The van der Waals surface area contributed by atoms with Gasteiger partial charge in [-0.1, -0.05) is 18.2 Å². The molecule has 0 saturated carbocycles. The van der Waals surface area contributed by atoms with Crippen molar-refractivity contribution in [2.75, 3.05) is 30.4 Å². The molecule has 10 nitrogen and oxygen atoms in total. The summed E-state index contributed by atoms with van der Waals surface area (Å²) in [5.41, 5.74) is 5.26. The quantitative estimate of drug-likeness (QED) is 0.381. The van der Waals surface area contributed by atoms with Crippen molar-refractivity contribution >= 4 is 28.5 Å². The predicted octanol–water partition coefficient (Wildman–Crippen LogP) is 3.88. The molecule has 0 amide bonds. The molecule has 0 unspecified atom stereocenters. The van der Waals surface area contributed by atoms with Crippen LogP contribution >= 0.6 is 0 Å². The van der Waals surface area contributed by atoms with Crippen LogP contribution in [0, 0.1) is 22.7 Å². The second kappa shape index (κ2) is 10.4. The van der Waals surface area contributed by atoms with Crippen LogP contribution in [0.3, 0.4) is 0 Å². The van der Waals surface area contributed by atoms with Gasteiger partial charge in [0.15, 0.2) is 5.82 Å². The molecule has 1 aliphatic rings. The Morgan fingerprint density at radius 1 is 1.14 bits per heavy atom. The average Bonchev–Trinajstić information content (AvgIpc) is 3.25. The van der Waals surface area contributed by atoms with E-state index in [2.05, 4.69) is 27.9 Å². The summed E-state index contributed by atoms with van der Waals surface area (Å²) in [5, 5.41) is 49.7. The zero-order valence-electron chi connectivity index (χ0n) is 20.8. The van der Waals surface area contributed by atoms with Crippen LogP contribution in [0.1, 0.15) is 30.9 Å². The van der Waals surface area contributed by atoms with E-state index in [1.807, 2.05) is 36.2 Å². The summed E-state index contributed by atoms with van der Waals surface area (Å²) in [6.07, 6.45) is -1.22. The molecule has 188 valence electrons. The number of aliphatic hydroxyl groups excluding tert-OH is 1. The van der Waals surface area contributed by atoms with Crippen molar-refractivity contribution in [3.8, 4) is 12.1 Å². The van der Waals surface area contributed by atoms with Crippen molar-refractivity contribution in [1.82, 2.24) is 15.1 Å². The third-order valence-corrected chi connectivity index (χ3v) is 6.49. The third kappa shape index (κ3) is 4.83. The van der Waals surface area contributed by atoms with Gasteiger partial charge in [-0.25, -0.2) is 4.79 Å². The van der Waals surface area contributed by atoms with E-state index in [1.54, 1.807) is 32.0 Å². The normalized spacial score (nSPS) is 13.8. The molecule has 4 N–H and O–H groups in total. The Morgan fingerprint density at radius 2 is 1.78 bits per heavy atom. The van der Waals surface area contributed by atoms with Gasteiger partial charge in [-0.2, -0.15) is 15.2 Å². The summed E-state index contributed by atoms with van der Waals surface area (Å²) in [6, 6.07) is 17.4. The topological polar surface area (TPSA) is 150 Å². The number of aromatic nitrogens is 2. The van der Waals surface area contributed by atoms with E-state index in [1.165, 1.54) is 0 Å². The van der Waals surface area contributed by atoms with Gasteiger partial charge >= 0.3 is 6.09 Å². The van der Waals surface area contributed by atoms with Crippen LogP contribution in [-0.4, -0.2) is 46.3 Å². The lowest BCUT2D eigenvalue weighted by molar-refractivity contribution is 0.194. The number of rotatable bonds is 7. The number of aliphatic hydroxyl groups is 1. The molecule has 0 fully saturated rings. The fourth-order valence-electron chi connectivity index (χ4n) is 4.55. The minimum absolute atomic E-state index is 0.0644. The van der Waals surface area contributed by atoms with E-state index in [-0.39, 0.29) is 6.61 Å². The summed E-state index contributed by atoms with van der Waals surface area (Å²) in [6.45, 7) is 4.58. The smallest absolute Gasteiger partial charge is 0.432 e. The molecule has 4 rings (SSSR count). The Morgan fingerprint density at radius 3 is 2.35 bits per heavy atom. The number of nitrogens with one attached hydrogen (secondary N) is 2. The molecule has 1 aromatic heterocycles. The molecule has 2 heterocycles. The van der Waals surface area contributed by atoms with Gasteiger partial charge in [-0.15, -0.1) is 5.10 Å². The Balaban J connectivity index is 1.71. The molecule has 0 saturated heterocycles. The Bertz CT molecular complexity index is 1470. The van der Waals surface area contributed by atoms with Crippen LogP contribution < -0.4 is 15.5 Å². The minimum Gasteiger partial charge on any atom is -0.463 e. The largest absolute Gasteiger partial charge is 0.463 e. The molecule has 37 heavy (non-hydrogen) atoms. The monoisotopic (exact) mass is 497 g/mol. The van der Waals surface area contributed by atoms with E-state index >= 15 is 0 Å². The maximum Gasteiger partial charge on any atom is 0.432 e. The number of carboxylic acid groups (broad SMARTS) is 1. The number of fused-ring (bicyclic) bond motifs is 1. The molecule has 0 bridgehead atoms. The lowest BCUT2D eigenvalue weighted by Crippen LogP contribution is -2.23. The fourth-order valence-corrected chi connectivity index (χ4v) is 4.55. The first-order valence-electron chi connectivity index (χ1n) is 11.7. The van der Waals surface area contributed by atoms with Crippen LogP contribution in [0.25, 0.3) is 10.9 Å². The molecular weight excluding hydrogens is 470 g/mol. The van der Waals surface area contributed by atoms with Crippen molar-refractivity contribution in [3.63, 3.8) is 0 Å². The zero-order chi connectivity index (χ0) is 26.7. The lowest BCUT2D eigenvalue weighted by Gasteiger charge is -2.26. The highest BCUT2D eigenvalue weighted by molar-refractivity contribution is 5.96. The first-order chi connectivity index (χ1) is 17.8. The molecule has 0 radical (unpaired) electrons.